The van der Waals surface area contributed by atoms with E-state index < -0.39 is 5.82 Å². The Kier molecular flexibility index (Phi) is 5.16. The summed E-state index contributed by atoms with van der Waals surface area (Å²) >= 11 is 6.04. The van der Waals surface area contributed by atoms with E-state index in [0.717, 1.165) is 25.9 Å². The molecule has 0 bridgehead atoms. The molecule has 1 aliphatic rings. The predicted molar refractivity (Wildman–Crippen MR) is 90.7 cm³/mol. The Hall–Kier alpha value is -1.92. The van der Waals surface area contributed by atoms with Gasteiger partial charge in [-0.15, -0.1) is 0 Å². The van der Waals surface area contributed by atoms with Crippen molar-refractivity contribution in [2.45, 2.75) is 31.8 Å². The lowest BCUT2D eigenvalue weighted by atomic mass is 10.1. The fraction of sp³-hybridized carbons (Fsp3) is 0.412. The molecule has 3 rings (SSSR count). The zero-order valence-corrected chi connectivity index (χ0v) is 14.2. The summed E-state index contributed by atoms with van der Waals surface area (Å²) in [6.07, 6.45) is 3.99. The molecule has 128 valence electrons. The number of carbonyl (C=O) groups excluding carboxylic acids is 1. The molecule has 24 heavy (non-hydrogen) atoms. The summed E-state index contributed by atoms with van der Waals surface area (Å²) in [5, 5.41) is 10.9. The fourth-order valence-corrected chi connectivity index (χ4v) is 3.25. The summed E-state index contributed by atoms with van der Waals surface area (Å²) in [6.45, 7) is 3.70. The van der Waals surface area contributed by atoms with Crippen LogP contribution in [0.3, 0.4) is 0 Å². The molecule has 1 aromatic carbocycles. The van der Waals surface area contributed by atoms with E-state index in [4.69, 9.17) is 11.6 Å². The Bertz CT molecular complexity index is 727. The molecule has 0 aliphatic carbocycles. The third-order valence-electron chi connectivity index (χ3n) is 4.26. The van der Waals surface area contributed by atoms with Crippen molar-refractivity contribution in [3.8, 4) is 0 Å². The minimum absolute atomic E-state index is 0.273. The van der Waals surface area contributed by atoms with Crippen molar-refractivity contribution in [3.05, 3.63) is 52.6 Å². The first-order valence-electron chi connectivity index (χ1n) is 8.06. The molecule has 2 atom stereocenters. The lowest BCUT2D eigenvalue weighted by Gasteiger charge is -2.22. The Labute approximate surface area is 145 Å². The maximum atomic E-state index is 13.1. The number of nitrogens with one attached hydrogen (secondary N) is 2. The van der Waals surface area contributed by atoms with Gasteiger partial charge in [-0.2, -0.15) is 5.10 Å². The summed E-state index contributed by atoms with van der Waals surface area (Å²) in [6, 6.07) is 5.80. The molecule has 2 N–H and O–H groups in total. The van der Waals surface area contributed by atoms with Gasteiger partial charge in [0.2, 0.25) is 0 Å². The van der Waals surface area contributed by atoms with Crippen molar-refractivity contribution in [1.29, 1.82) is 0 Å². The second-order valence-electron chi connectivity index (χ2n) is 6.04. The van der Waals surface area contributed by atoms with Crippen molar-refractivity contribution >= 4 is 17.5 Å². The molecule has 1 saturated heterocycles. The number of rotatable bonds is 4. The third-order valence-corrected chi connectivity index (χ3v) is 4.59. The van der Waals surface area contributed by atoms with Gasteiger partial charge < -0.3 is 10.6 Å². The Morgan fingerprint density at radius 3 is 3.04 bits per heavy atom. The Morgan fingerprint density at radius 2 is 2.33 bits per heavy atom. The maximum absolute atomic E-state index is 13.1. The van der Waals surface area contributed by atoms with E-state index in [9.17, 15) is 9.18 Å². The van der Waals surface area contributed by atoms with E-state index in [1.807, 2.05) is 10.9 Å². The molecule has 2 unspecified atom stereocenters. The highest BCUT2D eigenvalue weighted by molar-refractivity contribution is 6.31. The van der Waals surface area contributed by atoms with Crippen LogP contribution in [0.4, 0.5) is 4.39 Å². The first-order valence-corrected chi connectivity index (χ1v) is 8.44. The number of amides is 1. The summed E-state index contributed by atoms with van der Waals surface area (Å²) in [7, 11) is 0. The van der Waals surface area contributed by atoms with Gasteiger partial charge in [0.25, 0.3) is 5.91 Å². The van der Waals surface area contributed by atoms with E-state index >= 15 is 0 Å². The molecule has 1 aromatic heterocycles. The average molecular weight is 351 g/mol. The smallest absolute Gasteiger partial charge is 0.272 e. The largest absolute Gasteiger partial charge is 0.344 e. The quantitative estimate of drug-likeness (QED) is 0.890. The lowest BCUT2D eigenvalue weighted by Crippen LogP contribution is -2.32. The Morgan fingerprint density at radius 1 is 1.50 bits per heavy atom. The summed E-state index contributed by atoms with van der Waals surface area (Å²) < 4.78 is 15.0. The summed E-state index contributed by atoms with van der Waals surface area (Å²) in [4.78, 5) is 12.4. The van der Waals surface area contributed by atoms with E-state index in [1.54, 1.807) is 19.1 Å². The maximum Gasteiger partial charge on any atom is 0.272 e. The number of benzene rings is 1. The van der Waals surface area contributed by atoms with Gasteiger partial charge in [-0.1, -0.05) is 17.7 Å². The van der Waals surface area contributed by atoms with Gasteiger partial charge in [0.05, 0.1) is 12.1 Å². The Balaban J connectivity index is 1.67. The highest BCUT2D eigenvalue weighted by Crippen LogP contribution is 2.24. The topological polar surface area (TPSA) is 59.0 Å². The van der Waals surface area contributed by atoms with Crippen molar-refractivity contribution in [1.82, 2.24) is 20.4 Å². The third kappa shape index (κ3) is 3.76. The van der Waals surface area contributed by atoms with Crippen LogP contribution in [0.1, 0.15) is 47.9 Å². The van der Waals surface area contributed by atoms with Crippen molar-refractivity contribution in [3.63, 3.8) is 0 Å². The molecule has 0 radical (unpaired) electrons. The van der Waals surface area contributed by atoms with E-state index in [1.165, 1.54) is 12.1 Å². The predicted octanol–water partition coefficient (Wildman–Crippen LogP) is 3.09. The van der Waals surface area contributed by atoms with Crippen LogP contribution < -0.4 is 10.6 Å². The summed E-state index contributed by atoms with van der Waals surface area (Å²) in [5.41, 5.74) is 1.04. The number of nitrogens with zero attached hydrogens (tertiary/aromatic N) is 2. The van der Waals surface area contributed by atoms with Crippen molar-refractivity contribution in [2.75, 3.05) is 13.1 Å². The first kappa shape index (κ1) is 16.9. The van der Waals surface area contributed by atoms with Crippen LogP contribution in [0.25, 0.3) is 0 Å². The average Bonchev–Trinajstić information content (AvgIpc) is 3.05. The van der Waals surface area contributed by atoms with Gasteiger partial charge in [0.15, 0.2) is 0 Å². The highest BCUT2D eigenvalue weighted by Gasteiger charge is 2.19. The molecule has 1 fully saturated rings. The normalized spacial score (nSPS) is 19.0. The lowest BCUT2D eigenvalue weighted by molar-refractivity contribution is 0.0933. The second kappa shape index (κ2) is 7.32. The fourth-order valence-electron chi connectivity index (χ4n) is 2.92. The van der Waals surface area contributed by atoms with Crippen LogP contribution in [0.2, 0.25) is 5.02 Å². The molecule has 5 nitrogen and oxygen atoms in total. The number of halogens is 2. The second-order valence-corrected chi connectivity index (χ2v) is 6.45. The molecule has 2 heterocycles. The van der Waals surface area contributed by atoms with E-state index in [2.05, 4.69) is 15.7 Å². The van der Waals surface area contributed by atoms with Crippen LogP contribution in [0, 0.1) is 5.82 Å². The molecule has 0 saturated carbocycles. The van der Waals surface area contributed by atoms with E-state index in [0.29, 0.717) is 16.3 Å². The highest BCUT2D eigenvalue weighted by atomic mass is 35.5. The van der Waals surface area contributed by atoms with Gasteiger partial charge in [0, 0.05) is 17.8 Å². The van der Waals surface area contributed by atoms with Crippen LogP contribution in [-0.4, -0.2) is 28.8 Å². The van der Waals surface area contributed by atoms with Crippen LogP contribution in [-0.2, 0) is 0 Å². The van der Waals surface area contributed by atoms with Crippen molar-refractivity contribution in [2.24, 2.45) is 0 Å². The van der Waals surface area contributed by atoms with Crippen LogP contribution >= 0.6 is 11.6 Å². The van der Waals surface area contributed by atoms with E-state index in [-0.39, 0.29) is 18.0 Å². The monoisotopic (exact) mass is 350 g/mol. The van der Waals surface area contributed by atoms with Gasteiger partial charge in [-0.05, 0) is 50.1 Å². The molecule has 7 heteroatoms. The zero-order chi connectivity index (χ0) is 17.1. The minimum Gasteiger partial charge on any atom is -0.344 e. The number of carbonyl (C=O) groups is 1. The molecule has 1 aliphatic heterocycles. The molecule has 1 amide bonds. The van der Waals surface area contributed by atoms with Crippen LogP contribution in [0.5, 0.6) is 0 Å². The summed E-state index contributed by atoms with van der Waals surface area (Å²) in [5.74, 6) is -0.674. The zero-order valence-electron chi connectivity index (χ0n) is 13.4. The number of hydrogen-bond donors (Lipinski definition) is 2. The standard InChI is InChI=1S/C17H20ClFN4O/c1-11(14-5-4-12(19)9-15(14)18)21-17(24)16-6-8-23(22-16)13-3-2-7-20-10-13/h4-6,8-9,11,13,20H,2-3,7,10H2,1H3,(H,21,24). The number of hydrogen-bond acceptors (Lipinski definition) is 3. The molecule has 2 aromatic rings. The van der Waals surface area contributed by atoms with Crippen LogP contribution in [0.15, 0.2) is 30.5 Å². The number of piperidine rings is 1. The minimum atomic E-state index is -0.401. The number of aromatic nitrogens is 2. The molecule has 0 spiro atoms. The van der Waals surface area contributed by atoms with Crippen molar-refractivity contribution < 1.29 is 9.18 Å². The van der Waals surface area contributed by atoms with Gasteiger partial charge >= 0.3 is 0 Å². The SMILES string of the molecule is CC(NC(=O)c1ccn(C2CCCNC2)n1)c1ccc(F)cc1Cl. The molecular formula is C17H20ClFN4O. The molecular weight excluding hydrogens is 331 g/mol. The first-order chi connectivity index (χ1) is 11.5. The van der Waals surface area contributed by atoms with Gasteiger partial charge in [-0.3, -0.25) is 9.48 Å². The van der Waals surface area contributed by atoms with Gasteiger partial charge in [0.1, 0.15) is 11.5 Å². The van der Waals surface area contributed by atoms with Gasteiger partial charge in [-0.25, -0.2) is 4.39 Å².